The molecule has 0 aliphatic carbocycles. The summed E-state index contributed by atoms with van der Waals surface area (Å²) >= 11 is 0. The van der Waals surface area contributed by atoms with Crippen LogP contribution in [-0.4, -0.2) is 31.4 Å². The lowest BCUT2D eigenvalue weighted by molar-refractivity contribution is -0.122. The smallest absolute Gasteiger partial charge is 0.251 e. The van der Waals surface area contributed by atoms with Crippen LogP contribution < -0.4 is 16.0 Å². The van der Waals surface area contributed by atoms with E-state index in [2.05, 4.69) is 22.9 Å². The Hall–Kier alpha value is -1.59. The molecule has 2 atom stereocenters. The van der Waals surface area contributed by atoms with Crippen molar-refractivity contribution in [2.45, 2.75) is 39.7 Å². The molecule has 1 saturated heterocycles. The van der Waals surface area contributed by atoms with Crippen LogP contribution in [0.5, 0.6) is 0 Å². The van der Waals surface area contributed by atoms with Crippen molar-refractivity contribution < 1.29 is 9.59 Å². The predicted octanol–water partition coefficient (Wildman–Crippen LogP) is 2.50. The van der Waals surface area contributed by atoms with E-state index in [4.69, 9.17) is 0 Å². The topological polar surface area (TPSA) is 70.2 Å². The number of hydrogen-bond acceptors (Lipinski definition) is 3. The van der Waals surface area contributed by atoms with Crippen LogP contribution in [0.1, 0.15) is 49.0 Å². The maximum Gasteiger partial charge on any atom is 0.251 e. The fourth-order valence-electron chi connectivity index (χ4n) is 3.13. The van der Waals surface area contributed by atoms with Crippen molar-refractivity contribution in [2.75, 3.05) is 19.6 Å². The van der Waals surface area contributed by atoms with Gasteiger partial charge in [-0.1, -0.05) is 19.1 Å². The number of amides is 2. The third kappa shape index (κ3) is 7.04. The quantitative estimate of drug-likeness (QED) is 0.693. The zero-order valence-electron chi connectivity index (χ0n) is 15.1. The van der Waals surface area contributed by atoms with E-state index in [1.165, 1.54) is 12.8 Å². The average molecular weight is 368 g/mol. The van der Waals surface area contributed by atoms with Gasteiger partial charge in [-0.3, -0.25) is 9.59 Å². The lowest BCUT2D eigenvalue weighted by Gasteiger charge is -2.28. The van der Waals surface area contributed by atoms with Crippen LogP contribution in [0.15, 0.2) is 24.3 Å². The summed E-state index contributed by atoms with van der Waals surface area (Å²) in [5.74, 6) is 1.03. The summed E-state index contributed by atoms with van der Waals surface area (Å²) in [6.07, 6.45) is 2.99. The van der Waals surface area contributed by atoms with Crippen LogP contribution in [-0.2, 0) is 11.3 Å². The molecule has 6 heteroatoms. The highest BCUT2D eigenvalue weighted by atomic mass is 35.5. The van der Waals surface area contributed by atoms with Crippen LogP contribution in [0.4, 0.5) is 0 Å². The maximum absolute atomic E-state index is 12.1. The molecule has 0 spiro atoms. The zero-order chi connectivity index (χ0) is 17.4. The molecule has 1 aliphatic rings. The fraction of sp³-hybridized carbons (Fsp3) is 0.579. The minimum Gasteiger partial charge on any atom is -0.352 e. The van der Waals surface area contributed by atoms with Crippen molar-refractivity contribution in [3.8, 4) is 0 Å². The SMILES string of the molecule is CCNC(=O)c1ccc(CNC(=O)CC(C)C2CCCNC2)cc1.Cl. The molecular formula is C19H30ClN3O2. The minimum absolute atomic E-state index is 0. The first kappa shape index (κ1) is 21.5. The van der Waals surface area contributed by atoms with E-state index in [-0.39, 0.29) is 24.2 Å². The monoisotopic (exact) mass is 367 g/mol. The number of benzene rings is 1. The van der Waals surface area contributed by atoms with Crippen molar-refractivity contribution in [1.82, 2.24) is 16.0 Å². The zero-order valence-corrected chi connectivity index (χ0v) is 16.0. The summed E-state index contributed by atoms with van der Waals surface area (Å²) in [6, 6.07) is 7.37. The van der Waals surface area contributed by atoms with E-state index in [0.29, 0.717) is 36.9 Å². The van der Waals surface area contributed by atoms with Gasteiger partial charge in [0.2, 0.25) is 5.91 Å². The highest BCUT2D eigenvalue weighted by Gasteiger charge is 2.21. The highest BCUT2D eigenvalue weighted by Crippen LogP contribution is 2.22. The average Bonchev–Trinajstić information content (AvgIpc) is 2.61. The van der Waals surface area contributed by atoms with Crippen LogP contribution in [0, 0.1) is 11.8 Å². The molecule has 2 rings (SSSR count). The fourth-order valence-corrected chi connectivity index (χ4v) is 3.13. The van der Waals surface area contributed by atoms with Gasteiger partial charge in [0, 0.05) is 25.1 Å². The Balaban J connectivity index is 0.00000312. The second-order valence-electron chi connectivity index (χ2n) is 6.62. The molecule has 140 valence electrons. The van der Waals surface area contributed by atoms with E-state index in [9.17, 15) is 9.59 Å². The number of nitrogens with one attached hydrogen (secondary N) is 3. The lowest BCUT2D eigenvalue weighted by Crippen LogP contribution is -2.35. The summed E-state index contributed by atoms with van der Waals surface area (Å²) in [6.45, 7) is 7.30. The van der Waals surface area contributed by atoms with Gasteiger partial charge in [-0.15, -0.1) is 12.4 Å². The first-order valence-corrected chi connectivity index (χ1v) is 8.94. The standard InChI is InChI=1S/C19H29N3O2.ClH/c1-3-21-19(24)16-8-6-15(7-9-16)12-22-18(23)11-14(2)17-5-4-10-20-13-17;/h6-9,14,17,20H,3-5,10-13H2,1-2H3,(H,21,24)(H,22,23);1H. The summed E-state index contributed by atoms with van der Waals surface area (Å²) < 4.78 is 0. The summed E-state index contributed by atoms with van der Waals surface area (Å²) in [7, 11) is 0. The van der Waals surface area contributed by atoms with E-state index in [1.807, 2.05) is 19.1 Å². The van der Waals surface area contributed by atoms with Crippen molar-refractivity contribution in [1.29, 1.82) is 0 Å². The molecule has 2 amide bonds. The summed E-state index contributed by atoms with van der Waals surface area (Å²) in [5.41, 5.74) is 1.65. The van der Waals surface area contributed by atoms with Gasteiger partial charge in [-0.25, -0.2) is 0 Å². The van der Waals surface area contributed by atoms with Crippen molar-refractivity contribution in [2.24, 2.45) is 11.8 Å². The molecule has 1 aromatic rings. The molecule has 25 heavy (non-hydrogen) atoms. The molecule has 2 unspecified atom stereocenters. The van der Waals surface area contributed by atoms with Gasteiger partial charge in [-0.05, 0) is 62.4 Å². The first-order chi connectivity index (χ1) is 11.6. The van der Waals surface area contributed by atoms with Crippen LogP contribution >= 0.6 is 12.4 Å². The normalized spacial score (nSPS) is 17.9. The molecule has 1 aliphatic heterocycles. The van der Waals surface area contributed by atoms with E-state index < -0.39 is 0 Å². The Kier molecular flexibility index (Phi) is 9.53. The Morgan fingerprint density at radius 1 is 1.24 bits per heavy atom. The Morgan fingerprint density at radius 2 is 1.96 bits per heavy atom. The number of piperidine rings is 1. The number of carbonyl (C=O) groups is 2. The van der Waals surface area contributed by atoms with Crippen molar-refractivity contribution in [3.05, 3.63) is 35.4 Å². The van der Waals surface area contributed by atoms with Crippen LogP contribution in [0.3, 0.4) is 0 Å². The molecule has 1 heterocycles. The molecule has 0 bridgehead atoms. The summed E-state index contributed by atoms with van der Waals surface area (Å²) in [4.78, 5) is 23.8. The molecule has 1 fully saturated rings. The van der Waals surface area contributed by atoms with Gasteiger partial charge >= 0.3 is 0 Å². The van der Waals surface area contributed by atoms with E-state index in [0.717, 1.165) is 18.7 Å². The number of rotatable bonds is 7. The van der Waals surface area contributed by atoms with Gasteiger partial charge in [0.15, 0.2) is 0 Å². The molecule has 0 aromatic heterocycles. The first-order valence-electron chi connectivity index (χ1n) is 8.94. The molecule has 0 radical (unpaired) electrons. The van der Waals surface area contributed by atoms with Gasteiger partial charge in [0.1, 0.15) is 0 Å². The molecule has 5 nitrogen and oxygen atoms in total. The summed E-state index contributed by atoms with van der Waals surface area (Å²) in [5, 5.41) is 9.16. The minimum atomic E-state index is -0.0667. The second kappa shape index (κ2) is 11.1. The second-order valence-corrected chi connectivity index (χ2v) is 6.62. The Morgan fingerprint density at radius 3 is 2.56 bits per heavy atom. The Bertz CT molecular complexity index is 542. The largest absolute Gasteiger partial charge is 0.352 e. The number of hydrogen-bond donors (Lipinski definition) is 3. The molecule has 3 N–H and O–H groups in total. The Labute approximate surface area is 156 Å². The number of carbonyl (C=O) groups excluding carboxylic acids is 2. The van der Waals surface area contributed by atoms with Crippen molar-refractivity contribution in [3.63, 3.8) is 0 Å². The predicted molar refractivity (Wildman–Crippen MR) is 103 cm³/mol. The molecule has 1 aromatic carbocycles. The molecule has 0 saturated carbocycles. The molecular weight excluding hydrogens is 338 g/mol. The van der Waals surface area contributed by atoms with E-state index in [1.54, 1.807) is 12.1 Å². The number of halogens is 1. The van der Waals surface area contributed by atoms with Crippen LogP contribution in [0.2, 0.25) is 0 Å². The third-order valence-corrected chi connectivity index (χ3v) is 4.69. The highest BCUT2D eigenvalue weighted by molar-refractivity contribution is 5.94. The van der Waals surface area contributed by atoms with Gasteiger partial charge in [-0.2, -0.15) is 0 Å². The van der Waals surface area contributed by atoms with Crippen molar-refractivity contribution >= 4 is 24.2 Å². The van der Waals surface area contributed by atoms with Gasteiger partial charge in [0.25, 0.3) is 5.91 Å². The lowest BCUT2D eigenvalue weighted by atomic mass is 9.85. The van der Waals surface area contributed by atoms with Gasteiger partial charge < -0.3 is 16.0 Å². The van der Waals surface area contributed by atoms with Gasteiger partial charge in [0.05, 0.1) is 0 Å². The van der Waals surface area contributed by atoms with E-state index >= 15 is 0 Å². The maximum atomic E-state index is 12.1. The third-order valence-electron chi connectivity index (χ3n) is 4.69. The van der Waals surface area contributed by atoms with Crippen LogP contribution in [0.25, 0.3) is 0 Å².